The van der Waals surface area contributed by atoms with Crippen LogP contribution in [-0.4, -0.2) is 24.6 Å². The van der Waals surface area contributed by atoms with Crippen molar-refractivity contribution in [3.63, 3.8) is 0 Å². The Hall–Kier alpha value is -2.73. The number of rotatable bonds is 4. The maximum Gasteiger partial charge on any atom is 0.249 e. The third-order valence-corrected chi connectivity index (χ3v) is 4.00. The molecule has 0 amide bonds. The number of hydrogen-bond acceptors (Lipinski definition) is 5. The number of para-hydroxylation sites is 1. The van der Waals surface area contributed by atoms with E-state index in [9.17, 15) is 8.42 Å². The van der Waals surface area contributed by atoms with Crippen molar-refractivity contribution in [2.24, 2.45) is 0 Å². The molecule has 2 aromatic carbocycles. The van der Waals surface area contributed by atoms with Gasteiger partial charge in [0.05, 0.1) is 5.69 Å². The van der Waals surface area contributed by atoms with Crippen LogP contribution in [0.1, 0.15) is 0 Å². The second-order valence-electron chi connectivity index (χ2n) is 5.05. The molecule has 1 aromatic heterocycles. The van der Waals surface area contributed by atoms with Crippen molar-refractivity contribution in [1.29, 1.82) is 0 Å². The van der Waals surface area contributed by atoms with E-state index in [2.05, 4.69) is 15.3 Å². The number of anilines is 2. The van der Waals surface area contributed by atoms with Gasteiger partial charge in [0, 0.05) is 23.6 Å². The molecule has 23 heavy (non-hydrogen) atoms. The highest BCUT2D eigenvalue weighted by atomic mass is 32.2. The van der Waals surface area contributed by atoms with E-state index in [1.165, 1.54) is 0 Å². The average molecular weight is 325 g/mol. The summed E-state index contributed by atoms with van der Waals surface area (Å²) in [6.45, 7) is 0. The van der Waals surface area contributed by atoms with Gasteiger partial charge in [-0.15, -0.1) is 0 Å². The molecule has 116 valence electrons. The fourth-order valence-electron chi connectivity index (χ4n) is 2.08. The zero-order chi connectivity index (χ0) is 16.3. The maximum absolute atomic E-state index is 11.9. The first-order valence-corrected chi connectivity index (χ1v) is 8.88. The summed E-state index contributed by atoms with van der Waals surface area (Å²) in [6, 6.07) is 20.6. The van der Waals surface area contributed by atoms with Crippen molar-refractivity contribution in [1.82, 2.24) is 9.97 Å². The molecule has 3 rings (SSSR count). The minimum Gasteiger partial charge on any atom is -0.340 e. The zero-order valence-electron chi connectivity index (χ0n) is 12.5. The topological polar surface area (TPSA) is 72.0 Å². The molecule has 0 fully saturated rings. The van der Waals surface area contributed by atoms with Crippen LogP contribution in [-0.2, 0) is 9.84 Å². The van der Waals surface area contributed by atoms with Crippen molar-refractivity contribution in [3.8, 4) is 11.3 Å². The minimum absolute atomic E-state index is 0.197. The molecule has 5 nitrogen and oxygen atoms in total. The Morgan fingerprint density at radius 1 is 0.870 bits per heavy atom. The third kappa shape index (κ3) is 3.73. The van der Waals surface area contributed by atoms with Crippen LogP contribution in [0.15, 0.2) is 71.9 Å². The van der Waals surface area contributed by atoms with E-state index in [0.29, 0.717) is 11.5 Å². The number of hydrogen-bond donors (Lipinski definition) is 1. The normalized spacial score (nSPS) is 11.2. The predicted octanol–water partition coefficient (Wildman–Crippen LogP) is 3.29. The smallest absolute Gasteiger partial charge is 0.249 e. The molecule has 0 saturated carbocycles. The standard InChI is InChI=1S/C17H15N3O2S/c1-23(21,22)17-19-15(13-8-4-2-5-9-13)12-16(20-17)18-14-10-6-3-7-11-14/h2-12H,1H3,(H,18,19,20). The van der Waals surface area contributed by atoms with Gasteiger partial charge in [-0.25, -0.2) is 18.4 Å². The SMILES string of the molecule is CS(=O)(=O)c1nc(Nc2ccccc2)cc(-c2ccccc2)n1. The van der Waals surface area contributed by atoms with Gasteiger partial charge in [0.2, 0.25) is 15.0 Å². The molecule has 0 aliphatic carbocycles. The van der Waals surface area contributed by atoms with Crippen LogP contribution < -0.4 is 5.32 Å². The monoisotopic (exact) mass is 325 g/mol. The number of nitrogens with one attached hydrogen (secondary N) is 1. The van der Waals surface area contributed by atoms with Crippen molar-refractivity contribution in [2.45, 2.75) is 5.16 Å². The van der Waals surface area contributed by atoms with Crippen LogP contribution >= 0.6 is 0 Å². The van der Waals surface area contributed by atoms with Crippen molar-refractivity contribution in [2.75, 3.05) is 11.6 Å². The first kappa shape index (κ1) is 15.2. The van der Waals surface area contributed by atoms with Gasteiger partial charge in [-0.3, -0.25) is 0 Å². The highest BCUT2D eigenvalue weighted by molar-refractivity contribution is 7.90. The largest absolute Gasteiger partial charge is 0.340 e. The predicted molar refractivity (Wildman–Crippen MR) is 90.3 cm³/mol. The van der Waals surface area contributed by atoms with Gasteiger partial charge in [0.15, 0.2) is 0 Å². The molecule has 0 atom stereocenters. The average Bonchev–Trinajstić information content (AvgIpc) is 2.55. The molecule has 1 N–H and O–H groups in total. The lowest BCUT2D eigenvalue weighted by atomic mass is 10.1. The van der Waals surface area contributed by atoms with E-state index in [-0.39, 0.29) is 5.16 Å². The van der Waals surface area contributed by atoms with E-state index < -0.39 is 9.84 Å². The first-order chi connectivity index (χ1) is 11.0. The van der Waals surface area contributed by atoms with Gasteiger partial charge in [-0.05, 0) is 12.1 Å². The van der Waals surface area contributed by atoms with Crippen molar-refractivity contribution < 1.29 is 8.42 Å². The molecule has 0 radical (unpaired) electrons. The second-order valence-corrected chi connectivity index (χ2v) is 6.96. The summed E-state index contributed by atoms with van der Waals surface area (Å²) in [5, 5.41) is 2.91. The molecule has 6 heteroatoms. The number of benzene rings is 2. The second kappa shape index (κ2) is 6.18. The third-order valence-electron chi connectivity index (χ3n) is 3.15. The van der Waals surface area contributed by atoms with Crippen molar-refractivity contribution >= 4 is 21.3 Å². The van der Waals surface area contributed by atoms with Crippen LogP contribution in [0.5, 0.6) is 0 Å². The Balaban J connectivity index is 2.09. The molecular formula is C17H15N3O2S. The van der Waals surface area contributed by atoms with Gasteiger partial charge in [-0.2, -0.15) is 0 Å². The molecule has 0 aliphatic heterocycles. The Bertz CT molecular complexity index is 911. The molecule has 0 saturated heterocycles. The summed E-state index contributed by atoms with van der Waals surface area (Å²) in [6.07, 6.45) is 1.10. The van der Waals surface area contributed by atoms with E-state index in [1.54, 1.807) is 6.07 Å². The summed E-state index contributed by atoms with van der Waals surface area (Å²) in [7, 11) is -3.51. The summed E-state index contributed by atoms with van der Waals surface area (Å²) >= 11 is 0. The molecule has 1 heterocycles. The Labute approximate surface area is 135 Å². The van der Waals surface area contributed by atoms with E-state index in [0.717, 1.165) is 17.5 Å². The lowest BCUT2D eigenvalue weighted by Gasteiger charge is -2.09. The molecule has 0 bridgehead atoms. The number of sulfone groups is 1. The fourth-order valence-corrected chi connectivity index (χ4v) is 2.61. The van der Waals surface area contributed by atoms with Crippen LogP contribution in [0.25, 0.3) is 11.3 Å². The van der Waals surface area contributed by atoms with Gasteiger partial charge < -0.3 is 5.32 Å². The Morgan fingerprint density at radius 2 is 1.48 bits per heavy atom. The van der Waals surface area contributed by atoms with E-state index >= 15 is 0 Å². The lowest BCUT2D eigenvalue weighted by molar-refractivity contribution is 0.593. The maximum atomic E-state index is 11.9. The highest BCUT2D eigenvalue weighted by Gasteiger charge is 2.15. The van der Waals surface area contributed by atoms with Crippen molar-refractivity contribution in [3.05, 3.63) is 66.7 Å². The summed E-state index contributed by atoms with van der Waals surface area (Å²) in [5.41, 5.74) is 2.21. The van der Waals surface area contributed by atoms with Crippen LogP contribution in [0.2, 0.25) is 0 Å². The van der Waals surface area contributed by atoms with Gasteiger partial charge >= 0.3 is 0 Å². The quantitative estimate of drug-likeness (QED) is 0.745. The summed E-state index contributed by atoms with van der Waals surface area (Å²) < 4.78 is 23.7. The van der Waals surface area contributed by atoms with Crippen LogP contribution in [0, 0.1) is 0 Å². The molecular weight excluding hydrogens is 310 g/mol. The van der Waals surface area contributed by atoms with Crippen LogP contribution in [0.4, 0.5) is 11.5 Å². The van der Waals surface area contributed by atoms with Gasteiger partial charge in [0.1, 0.15) is 5.82 Å². The van der Waals surface area contributed by atoms with E-state index in [4.69, 9.17) is 0 Å². The number of aromatic nitrogens is 2. The summed E-state index contributed by atoms with van der Waals surface area (Å²) in [5.74, 6) is 0.436. The zero-order valence-corrected chi connectivity index (χ0v) is 13.3. The van der Waals surface area contributed by atoms with E-state index in [1.807, 2.05) is 60.7 Å². The first-order valence-electron chi connectivity index (χ1n) is 6.99. The van der Waals surface area contributed by atoms with Gasteiger partial charge in [0.25, 0.3) is 0 Å². The lowest BCUT2D eigenvalue weighted by Crippen LogP contribution is -2.07. The molecule has 0 unspecified atom stereocenters. The molecule has 3 aromatic rings. The molecule has 0 spiro atoms. The van der Waals surface area contributed by atoms with Crippen LogP contribution in [0.3, 0.4) is 0 Å². The fraction of sp³-hybridized carbons (Fsp3) is 0.0588. The van der Waals surface area contributed by atoms with Gasteiger partial charge in [-0.1, -0.05) is 48.5 Å². The molecule has 0 aliphatic rings. The minimum atomic E-state index is -3.51. The Kier molecular flexibility index (Phi) is 4.08. The highest BCUT2D eigenvalue weighted by Crippen LogP contribution is 2.23. The summed E-state index contributed by atoms with van der Waals surface area (Å²) in [4.78, 5) is 8.29. The Morgan fingerprint density at radius 3 is 2.09 bits per heavy atom. The number of nitrogens with zero attached hydrogens (tertiary/aromatic N) is 2.